The summed E-state index contributed by atoms with van der Waals surface area (Å²) in [5.74, 6) is 0.246. The smallest absolute Gasteiger partial charge is 0.374 e. The van der Waals surface area contributed by atoms with Crippen LogP contribution >= 0.6 is 15.9 Å². The maximum atomic E-state index is 12.0. The molecule has 0 bridgehead atoms. The predicted molar refractivity (Wildman–Crippen MR) is 87.9 cm³/mol. The highest BCUT2D eigenvalue weighted by Gasteiger charge is 2.33. The quantitative estimate of drug-likeness (QED) is 0.709. The first-order valence-corrected chi connectivity index (χ1v) is 8.78. The lowest BCUT2D eigenvalue weighted by Crippen LogP contribution is -2.36. The molecule has 0 N–H and O–H groups in total. The summed E-state index contributed by atoms with van der Waals surface area (Å²) in [6, 6.07) is 3.07. The summed E-state index contributed by atoms with van der Waals surface area (Å²) in [7, 11) is 0. The van der Waals surface area contributed by atoms with E-state index in [-0.39, 0.29) is 11.9 Å². The Morgan fingerprint density at radius 2 is 2.09 bits per heavy atom. The summed E-state index contributed by atoms with van der Waals surface area (Å²) in [6.45, 7) is 6.07. The maximum Gasteiger partial charge on any atom is 0.374 e. The van der Waals surface area contributed by atoms with Gasteiger partial charge in [-0.2, -0.15) is 0 Å². The maximum absolute atomic E-state index is 12.0. The first-order chi connectivity index (χ1) is 10.9. The monoisotopic (exact) mass is 386 g/mol. The number of halogens is 1. The van der Waals surface area contributed by atoms with E-state index in [1.807, 2.05) is 0 Å². The topological polar surface area (TPSA) is 65.7 Å². The molecule has 0 amide bonds. The van der Waals surface area contributed by atoms with Crippen LogP contribution in [0.15, 0.2) is 21.2 Å². The second-order valence-electron chi connectivity index (χ2n) is 6.53. The molecule has 0 aromatic carbocycles. The standard InChI is InChI=1S/C17H23BrO5/c1-10(2)12-5-4-11(3)8-14(12)23-16(19)9-21-17(20)13-6-7-15(18)22-13/h6-7,10-12,14H,4-5,8-9H2,1-3H3/t11-,12+,14+/m1/s1. The minimum atomic E-state index is -0.676. The number of esters is 2. The Balaban J connectivity index is 1.84. The lowest BCUT2D eigenvalue weighted by molar-refractivity contribution is -0.159. The van der Waals surface area contributed by atoms with E-state index in [0.29, 0.717) is 22.4 Å². The Hall–Kier alpha value is -1.30. The van der Waals surface area contributed by atoms with Crippen molar-refractivity contribution in [3.05, 3.63) is 22.6 Å². The van der Waals surface area contributed by atoms with Gasteiger partial charge in [0, 0.05) is 0 Å². The van der Waals surface area contributed by atoms with Crippen LogP contribution in [0.2, 0.25) is 0 Å². The summed E-state index contributed by atoms with van der Waals surface area (Å²) in [5, 5.41) is 0. The lowest BCUT2D eigenvalue weighted by Gasteiger charge is -2.36. The van der Waals surface area contributed by atoms with E-state index < -0.39 is 18.5 Å². The van der Waals surface area contributed by atoms with Crippen LogP contribution < -0.4 is 0 Å². The molecule has 3 atom stereocenters. The molecule has 0 saturated heterocycles. The molecular weight excluding hydrogens is 364 g/mol. The highest BCUT2D eigenvalue weighted by atomic mass is 79.9. The van der Waals surface area contributed by atoms with Crippen molar-refractivity contribution in [1.82, 2.24) is 0 Å². The van der Waals surface area contributed by atoms with Crippen LogP contribution in [0.25, 0.3) is 0 Å². The minimum absolute atomic E-state index is 0.0519. The van der Waals surface area contributed by atoms with Gasteiger partial charge in [-0.3, -0.25) is 0 Å². The van der Waals surface area contributed by atoms with Crippen molar-refractivity contribution in [3.8, 4) is 0 Å². The van der Waals surface area contributed by atoms with Gasteiger partial charge in [0.05, 0.1) is 0 Å². The molecule has 1 aliphatic carbocycles. The third kappa shape index (κ3) is 5.09. The molecule has 1 aromatic rings. The number of ether oxygens (including phenoxy) is 2. The molecule has 23 heavy (non-hydrogen) atoms. The molecule has 128 valence electrons. The number of hydrogen-bond acceptors (Lipinski definition) is 5. The van der Waals surface area contributed by atoms with Gasteiger partial charge < -0.3 is 13.9 Å². The molecular formula is C17H23BrO5. The van der Waals surface area contributed by atoms with Crippen molar-refractivity contribution >= 4 is 27.9 Å². The van der Waals surface area contributed by atoms with Crippen LogP contribution in [0.4, 0.5) is 0 Å². The first kappa shape index (κ1) is 18.0. The fourth-order valence-corrected chi connectivity index (χ4v) is 3.38. The fourth-order valence-electron chi connectivity index (χ4n) is 3.07. The van der Waals surface area contributed by atoms with E-state index in [0.717, 1.165) is 12.8 Å². The summed E-state index contributed by atoms with van der Waals surface area (Å²) in [6.07, 6.45) is 3.01. The second-order valence-corrected chi connectivity index (χ2v) is 7.32. The van der Waals surface area contributed by atoms with Gasteiger partial charge in [-0.1, -0.05) is 27.2 Å². The van der Waals surface area contributed by atoms with Crippen LogP contribution in [0, 0.1) is 17.8 Å². The molecule has 0 spiro atoms. The normalized spacial score (nSPS) is 24.5. The first-order valence-electron chi connectivity index (χ1n) is 7.98. The Kier molecular flexibility index (Phi) is 6.27. The van der Waals surface area contributed by atoms with E-state index in [9.17, 15) is 9.59 Å². The number of furan rings is 1. The molecule has 1 heterocycles. The molecule has 5 nitrogen and oxygen atoms in total. The summed E-state index contributed by atoms with van der Waals surface area (Å²) in [5.41, 5.74) is 0. The van der Waals surface area contributed by atoms with Gasteiger partial charge in [0.25, 0.3) is 0 Å². The Bertz CT molecular complexity index is 551. The lowest BCUT2D eigenvalue weighted by atomic mass is 9.75. The zero-order valence-electron chi connectivity index (χ0n) is 13.7. The van der Waals surface area contributed by atoms with Crippen molar-refractivity contribution in [2.75, 3.05) is 6.61 Å². The second kappa shape index (κ2) is 7.99. The molecule has 1 aromatic heterocycles. The zero-order valence-corrected chi connectivity index (χ0v) is 15.3. The van der Waals surface area contributed by atoms with Gasteiger partial charge in [0.2, 0.25) is 5.76 Å². The summed E-state index contributed by atoms with van der Waals surface area (Å²) >= 11 is 3.11. The number of rotatable bonds is 5. The van der Waals surface area contributed by atoms with E-state index in [1.54, 1.807) is 6.07 Å². The third-order valence-corrected chi connectivity index (χ3v) is 4.77. The Labute approximate surface area is 144 Å². The molecule has 1 saturated carbocycles. The van der Waals surface area contributed by atoms with Gasteiger partial charge in [0.15, 0.2) is 11.3 Å². The third-order valence-electron chi connectivity index (χ3n) is 4.34. The Morgan fingerprint density at radius 1 is 1.35 bits per heavy atom. The van der Waals surface area contributed by atoms with Crippen molar-refractivity contribution < 1.29 is 23.5 Å². The van der Waals surface area contributed by atoms with E-state index in [4.69, 9.17) is 13.9 Å². The number of carbonyl (C=O) groups is 2. The van der Waals surface area contributed by atoms with Crippen molar-refractivity contribution in [3.63, 3.8) is 0 Å². The summed E-state index contributed by atoms with van der Waals surface area (Å²) < 4.78 is 16.0. The molecule has 0 unspecified atom stereocenters. The predicted octanol–water partition coefficient (Wildman–Crippen LogP) is 4.20. The fraction of sp³-hybridized carbons (Fsp3) is 0.647. The molecule has 1 fully saturated rings. The average molecular weight is 387 g/mol. The minimum Gasteiger partial charge on any atom is -0.460 e. The number of carbonyl (C=O) groups excluding carboxylic acids is 2. The van der Waals surface area contributed by atoms with Crippen LogP contribution in [-0.4, -0.2) is 24.6 Å². The molecule has 2 rings (SSSR count). The van der Waals surface area contributed by atoms with E-state index in [1.165, 1.54) is 12.5 Å². The van der Waals surface area contributed by atoms with Gasteiger partial charge in [-0.15, -0.1) is 0 Å². The molecule has 0 radical (unpaired) electrons. The largest absolute Gasteiger partial charge is 0.460 e. The van der Waals surface area contributed by atoms with E-state index >= 15 is 0 Å². The SMILES string of the molecule is CC(C)[C@@H]1CC[C@@H](C)C[C@@H]1OC(=O)COC(=O)c1ccc(Br)o1. The highest BCUT2D eigenvalue weighted by Crippen LogP contribution is 2.35. The van der Waals surface area contributed by atoms with Crippen LogP contribution in [0.5, 0.6) is 0 Å². The summed E-state index contributed by atoms with van der Waals surface area (Å²) in [4.78, 5) is 23.7. The van der Waals surface area contributed by atoms with Crippen LogP contribution in [0.1, 0.15) is 50.6 Å². The van der Waals surface area contributed by atoms with Crippen molar-refractivity contribution in [2.45, 2.75) is 46.1 Å². The van der Waals surface area contributed by atoms with Gasteiger partial charge in [-0.25, -0.2) is 9.59 Å². The van der Waals surface area contributed by atoms with Crippen molar-refractivity contribution in [2.24, 2.45) is 17.8 Å². The van der Waals surface area contributed by atoms with Gasteiger partial charge in [0.1, 0.15) is 6.10 Å². The number of hydrogen-bond donors (Lipinski definition) is 0. The van der Waals surface area contributed by atoms with Gasteiger partial charge in [-0.05, 0) is 58.7 Å². The highest BCUT2D eigenvalue weighted by molar-refractivity contribution is 9.10. The van der Waals surface area contributed by atoms with Crippen LogP contribution in [0.3, 0.4) is 0 Å². The molecule has 0 aliphatic heterocycles. The molecule has 6 heteroatoms. The van der Waals surface area contributed by atoms with Crippen LogP contribution in [-0.2, 0) is 14.3 Å². The van der Waals surface area contributed by atoms with Gasteiger partial charge >= 0.3 is 11.9 Å². The average Bonchev–Trinajstić information content (AvgIpc) is 2.91. The Morgan fingerprint density at radius 3 is 2.70 bits per heavy atom. The van der Waals surface area contributed by atoms with E-state index in [2.05, 4.69) is 36.7 Å². The van der Waals surface area contributed by atoms with Crippen molar-refractivity contribution in [1.29, 1.82) is 0 Å². The molecule has 1 aliphatic rings. The zero-order chi connectivity index (χ0) is 17.0.